The molecular formula is C12H15NO. The quantitative estimate of drug-likeness (QED) is 0.710. The summed E-state index contributed by atoms with van der Waals surface area (Å²) in [4.78, 5) is 0. The van der Waals surface area contributed by atoms with E-state index in [0.29, 0.717) is 5.75 Å². The molecule has 0 fully saturated rings. The van der Waals surface area contributed by atoms with Gasteiger partial charge in [-0.15, -0.1) is 0 Å². The monoisotopic (exact) mass is 189 g/mol. The van der Waals surface area contributed by atoms with Gasteiger partial charge in [-0.05, 0) is 37.0 Å². The normalized spacial score (nSPS) is 17.1. The first-order valence-corrected chi connectivity index (χ1v) is 4.97. The molecule has 0 aromatic heterocycles. The average molecular weight is 189 g/mol. The number of aromatic hydroxyl groups is 1. The van der Waals surface area contributed by atoms with Gasteiger partial charge in [-0.25, -0.2) is 0 Å². The second-order valence-corrected chi connectivity index (χ2v) is 3.80. The highest BCUT2D eigenvalue weighted by molar-refractivity contribution is 5.77. The number of phenols is 1. The van der Waals surface area contributed by atoms with Gasteiger partial charge in [0.1, 0.15) is 5.75 Å². The van der Waals surface area contributed by atoms with Gasteiger partial charge >= 0.3 is 0 Å². The van der Waals surface area contributed by atoms with Crippen molar-refractivity contribution in [1.82, 2.24) is 0 Å². The maximum absolute atomic E-state index is 9.78. The molecule has 1 aliphatic carbocycles. The van der Waals surface area contributed by atoms with E-state index in [1.807, 2.05) is 13.0 Å². The summed E-state index contributed by atoms with van der Waals surface area (Å²) in [5.74, 6) is 0.353. The van der Waals surface area contributed by atoms with Crippen molar-refractivity contribution in [2.75, 3.05) is 0 Å². The lowest BCUT2D eigenvalue weighted by molar-refractivity contribution is 0.471. The van der Waals surface area contributed by atoms with Crippen molar-refractivity contribution in [3.8, 4) is 5.75 Å². The Morgan fingerprint density at radius 1 is 1.43 bits per heavy atom. The van der Waals surface area contributed by atoms with Gasteiger partial charge in [0.2, 0.25) is 0 Å². The highest BCUT2D eigenvalue weighted by Crippen LogP contribution is 2.34. The summed E-state index contributed by atoms with van der Waals surface area (Å²) in [6.45, 7) is 1.95. The molecule has 74 valence electrons. The van der Waals surface area contributed by atoms with E-state index in [4.69, 9.17) is 5.73 Å². The van der Waals surface area contributed by atoms with E-state index < -0.39 is 0 Å². The van der Waals surface area contributed by atoms with E-state index in [0.717, 1.165) is 24.0 Å². The Morgan fingerprint density at radius 2 is 2.21 bits per heavy atom. The second-order valence-electron chi connectivity index (χ2n) is 3.80. The molecule has 0 saturated heterocycles. The fourth-order valence-electron chi connectivity index (χ4n) is 2.03. The predicted molar refractivity (Wildman–Crippen MR) is 58.1 cm³/mol. The van der Waals surface area contributed by atoms with Crippen molar-refractivity contribution in [2.24, 2.45) is 5.73 Å². The molecule has 0 amide bonds. The van der Waals surface area contributed by atoms with E-state index in [-0.39, 0.29) is 6.04 Å². The fraction of sp³-hybridized carbons (Fsp3) is 0.333. The van der Waals surface area contributed by atoms with E-state index in [1.165, 1.54) is 5.56 Å². The zero-order chi connectivity index (χ0) is 10.1. The topological polar surface area (TPSA) is 46.2 Å². The summed E-state index contributed by atoms with van der Waals surface area (Å²) < 4.78 is 0. The van der Waals surface area contributed by atoms with Gasteiger partial charge in [0.15, 0.2) is 0 Å². The third-order valence-corrected chi connectivity index (χ3v) is 2.69. The third-order valence-electron chi connectivity index (χ3n) is 2.69. The molecule has 3 N–H and O–H groups in total. The molecule has 2 heteroatoms. The van der Waals surface area contributed by atoms with Crippen molar-refractivity contribution in [3.63, 3.8) is 0 Å². The Balaban J connectivity index is 2.56. The average Bonchev–Trinajstić information content (AvgIpc) is 2.17. The Kier molecular flexibility index (Phi) is 2.30. The van der Waals surface area contributed by atoms with Gasteiger partial charge in [-0.3, -0.25) is 0 Å². The summed E-state index contributed by atoms with van der Waals surface area (Å²) >= 11 is 0. The van der Waals surface area contributed by atoms with Crippen LogP contribution in [-0.2, 0) is 6.42 Å². The molecule has 1 unspecified atom stereocenters. The van der Waals surface area contributed by atoms with E-state index in [2.05, 4.69) is 12.1 Å². The van der Waals surface area contributed by atoms with Crippen LogP contribution in [0.5, 0.6) is 5.75 Å². The molecule has 2 rings (SSSR count). The van der Waals surface area contributed by atoms with Gasteiger partial charge in [0, 0.05) is 11.6 Å². The number of hydrogen-bond acceptors (Lipinski definition) is 2. The minimum absolute atomic E-state index is 0.0117. The maximum Gasteiger partial charge on any atom is 0.123 e. The van der Waals surface area contributed by atoms with Crippen LogP contribution < -0.4 is 5.73 Å². The van der Waals surface area contributed by atoms with Gasteiger partial charge in [0.05, 0.1) is 0 Å². The van der Waals surface area contributed by atoms with Crippen LogP contribution in [0.2, 0.25) is 0 Å². The SMILES string of the molecule is CC(N)C1=CCCc2cccc(O)c21. The molecule has 0 saturated carbocycles. The summed E-state index contributed by atoms with van der Waals surface area (Å²) in [5, 5.41) is 9.78. The van der Waals surface area contributed by atoms with Crippen LogP contribution in [-0.4, -0.2) is 11.1 Å². The number of allylic oxidation sites excluding steroid dienone is 1. The minimum atomic E-state index is -0.0117. The first kappa shape index (κ1) is 9.28. The molecule has 1 aromatic rings. The number of fused-ring (bicyclic) bond motifs is 1. The van der Waals surface area contributed by atoms with Crippen LogP contribution in [0.3, 0.4) is 0 Å². The molecule has 1 aromatic carbocycles. The van der Waals surface area contributed by atoms with Crippen molar-refractivity contribution >= 4 is 5.57 Å². The predicted octanol–water partition coefficient (Wildman–Crippen LogP) is 2.07. The van der Waals surface area contributed by atoms with Crippen LogP contribution in [0.25, 0.3) is 5.57 Å². The maximum atomic E-state index is 9.78. The van der Waals surface area contributed by atoms with Gasteiger partial charge in [-0.2, -0.15) is 0 Å². The third kappa shape index (κ3) is 1.42. The molecule has 0 spiro atoms. The zero-order valence-corrected chi connectivity index (χ0v) is 8.33. The van der Waals surface area contributed by atoms with E-state index in [1.54, 1.807) is 6.07 Å². The number of aryl methyl sites for hydroxylation is 1. The standard InChI is InChI=1S/C12H15NO/c1-8(13)10-6-2-4-9-5-3-7-11(14)12(9)10/h3,5-8,14H,2,4,13H2,1H3. The highest BCUT2D eigenvalue weighted by atomic mass is 16.3. The lowest BCUT2D eigenvalue weighted by atomic mass is 9.87. The number of phenolic OH excluding ortho intramolecular Hbond substituents is 1. The van der Waals surface area contributed by atoms with Crippen LogP contribution in [0.4, 0.5) is 0 Å². The van der Waals surface area contributed by atoms with Crippen molar-refractivity contribution < 1.29 is 5.11 Å². The largest absolute Gasteiger partial charge is 0.507 e. The molecule has 0 heterocycles. The van der Waals surface area contributed by atoms with Crippen LogP contribution >= 0.6 is 0 Å². The number of rotatable bonds is 1. The first-order chi connectivity index (χ1) is 6.70. The molecule has 0 radical (unpaired) electrons. The zero-order valence-electron chi connectivity index (χ0n) is 8.33. The number of nitrogens with two attached hydrogens (primary N) is 1. The molecule has 0 aliphatic heterocycles. The number of benzene rings is 1. The van der Waals surface area contributed by atoms with Crippen LogP contribution in [0, 0.1) is 0 Å². The van der Waals surface area contributed by atoms with Gasteiger partial charge in [0.25, 0.3) is 0 Å². The summed E-state index contributed by atoms with van der Waals surface area (Å²) in [7, 11) is 0. The van der Waals surface area contributed by atoms with Crippen LogP contribution in [0.1, 0.15) is 24.5 Å². The summed E-state index contributed by atoms with van der Waals surface area (Å²) in [6.07, 6.45) is 4.15. The Bertz CT molecular complexity index is 380. The van der Waals surface area contributed by atoms with Gasteiger partial charge in [-0.1, -0.05) is 18.2 Å². The summed E-state index contributed by atoms with van der Waals surface area (Å²) in [5.41, 5.74) is 9.11. The lowest BCUT2D eigenvalue weighted by Crippen LogP contribution is -2.19. The Morgan fingerprint density at radius 3 is 2.93 bits per heavy atom. The van der Waals surface area contributed by atoms with E-state index in [9.17, 15) is 5.11 Å². The second kappa shape index (κ2) is 3.46. The van der Waals surface area contributed by atoms with Crippen LogP contribution in [0.15, 0.2) is 24.3 Å². The lowest BCUT2D eigenvalue weighted by Gasteiger charge is -2.21. The Hall–Kier alpha value is -1.28. The van der Waals surface area contributed by atoms with Gasteiger partial charge < -0.3 is 10.8 Å². The molecule has 0 bridgehead atoms. The molecule has 1 atom stereocenters. The summed E-state index contributed by atoms with van der Waals surface area (Å²) in [6, 6.07) is 5.66. The highest BCUT2D eigenvalue weighted by Gasteiger charge is 2.18. The Labute approximate surface area is 84.1 Å². The smallest absolute Gasteiger partial charge is 0.123 e. The first-order valence-electron chi connectivity index (χ1n) is 4.97. The molecule has 2 nitrogen and oxygen atoms in total. The van der Waals surface area contributed by atoms with Crippen molar-refractivity contribution in [3.05, 3.63) is 35.4 Å². The molecule has 1 aliphatic rings. The van der Waals surface area contributed by atoms with Crippen molar-refractivity contribution in [2.45, 2.75) is 25.8 Å². The molecule has 14 heavy (non-hydrogen) atoms. The fourth-order valence-corrected chi connectivity index (χ4v) is 2.03. The number of hydrogen-bond donors (Lipinski definition) is 2. The molecular weight excluding hydrogens is 174 g/mol. The van der Waals surface area contributed by atoms with E-state index >= 15 is 0 Å². The van der Waals surface area contributed by atoms with Crippen molar-refractivity contribution in [1.29, 1.82) is 0 Å². The minimum Gasteiger partial charge on any atom is -0.507 e.